The van der Waals surface area contributed by atoms with Crippen molar-refractivity contribution in [2.24, 2.45) is 0 Å². The molecule has 3 heterocycles. The number of nitrogens with one attached hydrogen (secondary N) is 2. The SMILES string of the molecule is C[C@@H](NC(=O)c1cc(-c2cn(COCC[Si](C)(C)C)c3ncc(-c4ccccc4)cc23)c[nH]1)c1cccc(Cl)c1. The number of pyridine rings is 1. The molecule has 0 bridgehead atoms. The molecule has 0 aliphatic rings. The van der Waals surface area contributed by atoms with E-state index in [9.17, 15) is 4.79 Å². The summed E-state index contributed by atoms with van der Waals surface area (Å²) in [6.07, 6.45) is 5.85. The number of aromatic amines is 1. The molecule has 1 amide bonds. The fraction of sp³-hybridized carbons (Fsp3) is 0.250. The Morgan fingerprint density at radius 2 is 1.85 bits per heavy atom. The van der Waals surface area contributed by atoms with Crippen molar-refractivity contribution in [3.8, 4) is 22.3 Å². The number of nitrogens with zero attached hydrogens (tertiary/aromatic N) is 2. The van der Waals surface area contributed by atoms with Crippen LogP contribution in [-0.4, -0.2) is 35.1 Å². The molecule has 0 radical (unpaired) electrons. The Morgan fingerprint density at radius 1 is 1.05 bits per heavy atom. The quantitative estimate of drug-likeness (QED) is 0.131. The second kappa shape index (κ2) is 11.8. The fourth-order valence-corrected chi connectivity index (χ4v) is 5.60. The van der Waals surface area contributed by atoms with Gasteiger partial charge in [-0.2, -0.15) is 0 Å². The summed E-state index contributed by atoms with van der Waals surface area (Å²) >= 11 is 6.14. The van der Waals surface area contributed by atoms with Crippen LogP contribution in [0.3, 0.4) is 0 Å². The smallest absolute Gasteiger partial charge is 0.268 e. The topological polar surface area (TPSA) is 71.9 Å². The lowest BCUT2D eigenvalue weighted by molar-refractivity contribution is 0.0899. The summed E-state index contributed by atoms with van der Waals surface area (Å²) in [5.74, 6) is -0.180. The summed E-state index contributed by atoms with van der Waals surface area (Å²) in [6, 6.07) is 22.7. The number of H-pyrrole nitrogens is 1. The van der Waals surface area contributed by atoms with Crippen molar-refractivity contribution < 1.29 is 9.53 Å². The molecule has 206 valence electrons. The normalized spacial score (nSPS) is 12.5. The number of aromatic nitrogens is 3. The van der Waals surface area contributed by atoms with Crippen LogP contribution < -0.4 is 5.32 Å². The summed E-state index contributed by atoms with van der Waals surface area (Å²) in [5.41, 5.74) is 6.34. The van der Waals surface area contributed by atoms with Crippen LogP contribution in [0, 0.1) is 0 Å². The molecule has 0 fully saturated rings. The maximum atomic E-state index is 13.1. The number of carbonyl (C=O) groups excluding carboxylic acids is 1. The zero-order chi connectivity index (χ0) is 28.3. The fourth-order valence-electron chi connectivity index (χ4n) is 4.64. The standard InChI is InChI=1S/C32H35ClN4O2Si/c1-22(24-11-8-12-27(33)15-24)36-32(38)30-17-26(19-34-30)29-20-37(21-39-13-14-40(2,3)4)31-28(29)16-25(18-35-31)23-9-6-5-7-10-23/h5-12,15-20,22,34H,13-14,21H2,1-4H3,(H,36,38)/t22-/m1/s1. The van der Waals surface area contributed by atoms with Crippen LogP contribution in [-0.2, 0) is 11.5 Å². The highest BCUT2D eigenvalue weighted by atomic mass is 35.5. The lowest BCUT2D eigenvalue weighted by atomic mass is 10.0. The second-order valence-electron chi connectivity index (χ2n) is 11.4. The Hall–Kier alpha value is -3.65. The van der Waals surface area contributed by atoms with Gasteiger partial charge >= 0.3 is 0 Å². The van der Waals surface area contributed by atoms with Crippen LogP contribution >= 0.6 is 11.6 Å². The molecule has 0 saturated heterocycles. The molecule has 5 rings (SSSR count). The highest BCUT2D eigenvalue weighted by Gasteiger charge is 2.18. The van der Waals surface area contributed by atoms with Gasteiger partial charge in [0.2, 0.25) is 0 Å². The summed E-state index contributed by atoms with van der Waals surface area (Å²) in [7, 11) is -1.18. The van der Waals surface area contributed by atoms with Gasteiger partial charge in [0, 0.05) is 60.4 Å². The first-order chi connectivity index (χ1) is 19.2. The van der Waals surface area contributed by atoms with Gasteiger partial charge < -0.3 is 19.6 Å². The Bertz CT molecular complexity index is 1620. The number of hydrogen-bond acceptors (Lipinski definition) is 3. The predicted molar refractivity (Wildman–Crippen MR) is 166 cm³/mol. The van der Waals surface area contributed by atoms with E-state index >= 15 is 0 Å². The van der Waals surface area contributed by atoms with Gasteiger partial charge in [0.25, 0.3) is 5.91 Å². The third-order valence-electron chi connectivity index (χ3n) is 6.98. The summed E-state index contributed by atoms with van der Waals surface area (Å²) in [4.78, 5) is 21.1. The van der Waals surface area contributed by atoms with Crippen LogP contribution in [0.2, 0.25) is 30.7 Å². The minimum atomic E-state index is -1.18. The molecule has 0 aliphatic carbocycles. The number of carbonyl (C=O) groups is 1. The van der Waals surface area contributed by atoms with E-state index in [1.807, 2.05) is 67.8 Å². The van der Waals surface area contributed by atoms with Crippen molar-refractivity contribution in [3.63, 3.8) is 0 Å². The molecule has 0 aliphatic heterocycles. The van der Waals surface area contributed by atoms with Crippen molar-refractivity contribution in [3.05, 3.63) is 102 Å². The van der Waals surface area contributed by atoms with Crippen LogP contribution in [0.1, 0.15) is 29.0 Å². The van der Waals surface area contributed by atoms with Gasteiger partial charge in [0.1, 0.15) is 18.1 Å². The first-order valence-electron chi connectivity index (χ1n) is 13.6. The van der Waals surface area contributed by atoms with Crippen LogP contribution in [0.15, 0.2) is 85.3 Å². The second-order valence-corrected chi connectivity index (χ2v) is 17.4. The van der Waals surface area contributed by atoms with Crippen LogP contribution in [0.4, 0.5) is 0 Å². The van der Waals surface area contributed by atoms with E-state index in [1.54, 1.807) is 0 Å². The van der Waals surface area contributed by atoms with Crippen molar-refractivity contribution >= 4 is 36.6 Å². The van der Waals surface area contributed by atoms with Crippen LogP contribution in [0.5, 0.6) is 0 Å². The largest absolute Gasteiger partial charge is 0.361 e. The number of hydrogen-bond donors (Lipinski definition) is 2. The zero-order valence-corrected chi connectivity index (χ0v) is 25.1. The van der Waals surface area contributed by atoms with E-state index < -0.39 is 8.07 Å². The van der Waals surface area contributed by atoms with Crippen LogP contribution in [0.25, 0.3) is 33.3 Å². The molecule has 6 nitrogen and oxygen atoms in total. The van der Waals surface area contributed by atoms with Crippen molar-refractivity contribution in [1.82, 2.24) is 19.9 Å². The van der Waals surface area contributed by atoms with Gasteiger partial charge in [-0.05, 0) is 48.4 Å². The Balaban J connectivity index is 1.43. The molecule has 0 saturated carbocycles. The molecule has 5 aromatic rings. The van der Waals surface area contributed by atoms with Gasteiger partial charge in [0.05, 0.1) is 6.04 Å². The van der Waals surface area contributed by atoms with Gasteiger partial charge in [-0.15, -0.1) is 0 Å². The third-order valence-corrected chi connectivity index (χ3v) is 8.92. The molecule has 3 aromatic heterocycles. The van der Waals surface area contributed by atoms with Gasteiger partial charge in [0.15, 0.2) is 0 Å². The Kier molecular flexibility index (Phi) is 8.26. The van der Waals surface area contributed by atoms with E-state index in [2.05, 4.69) is 58.9 Å². The lowest BCUT2D eigenvalue weighted by Gasteiger charge is -2.15. The third kappa shape index (κ3) is 6.55. The first kappa shape index (κ1) is 27.9. The molecule has 8 heteroatoms. The molecule has 1 atom stereocenters. The van der Waals surface area contributed by atoms with E-state index in [-0.39, 0.29) is 11.9 Å². The number of benzene rings is 2. The molecule has 0 spiro atoms. The minimum absolute atomic E-state index is 0.180. The summed E-state index contributed by atoms with van der Waals surface area (Å²) in [5, 5.41) is 4.71. The van der Waals surface area contributed by atoms with E-state index in [4.69, 9.17) is 21.3 Å². The van der Waals surface area contributed by atoms with E-state index in [1.165, 1.54) is 0 Å². The molecule has 2 aromatic carbocycles. The maximum absolute atomic E-state index is 13.1. The summed E-state index contributed by atoms with van der Waals surface area (Å²) in [6.45, 7) is 10.1. The first-order valence-corrected chi connectivity index (χ1v) is 17.6. The molecule has 40 heavy (non-hydrogen) atoms. The average molecular weight is 571 g/mol. The van der Waals surface area contributed by atoms with Gasteiger partial charge in [-0.25, -0.2) is 4.98 Å². The maximum Gasteiger partial charge on any atom is 0.268 e. The van der Waals surface area contributed by atoms with Gasteiger partial charge in [-0.3, -0.25) is 4.79 Å². The number of ether oxygens (including phenoxy) is 1. The summed E-state index contributed by atoms with van der Waals surface area (Å²) < 4.78 is 8.14. The molecular formula is C32H35ClN4O2Si. The number of rotatable bonds is 10. The predicted octanol–water partition coefficient (Wildman–Crippen LogP) is 8.16. The van der Waals surface area contributed by atoms with Crippen molar-refractivity contribution in [2.75, 3.05) is 6.61 Å². The highest BCUT2D eigenvalue weighted by Crippen LogP contribution is 2.33. The van der Waals surface area contributed by atoms with Crippen molar-refractivity contribution in [1.29, 1.82) is 0 Å². The number of amides is 1. The molecule has 2 N–H and O–H groups in total. The molecular weight excluding hydrogens is 536 g/mol. The zero-order valence-electron chi connectivity index (χ0n) is 23.4. The monoisotopic (exact) mass is 570 g/mol. The number of fused-ring (bicyclic) bond motifs is 1. The van der Waals surface area contributed by atoms with Crippen molar-refractivity contribution in [2.45, 2.75) is 45.4 Å². The van der Waals surface area contributed by atoms with E-state index in [0.717, 1.165) is 51.5 Å². The lowest BCUT2D eigenvalue weighted by Crippen LogP contribution is -2.26. The molecule has 0 unspecified atom stereocenters. The average Bonchev–Trinajstić information content (AvgIpc) is 3.56. The van der Waals surface area contributed by atoms with Gasteiger partial charge in [-0.1, -0.05) is 73.7 Å². The van der Waals surface area contributed by atoms with E-state index in [0.29, 0.717) is 17.4 Å². The minimum Gasteiger partial charge on any atom is -0.361 e. The number of halogens is 1. The Labute approximate surface area is 241 Å². The Morgan fingerprint density at radius 3 is 2.60 bits per heavy atom. The highest BCUT2D eigenvalue weighted by molar-refractivity contribution is 6.76.